The molecule has 0 aromatic rings. The zero-order valence-corrected chi connectivity index (χ0v) is 14.1. The van der Waals surface area contributed by atoms with Crippen molar-refractivity contribution in [2.75, 3.05) is 7.11 Å². The molecule has 126 valence electrons. The number of methoxy groups -OCH3 is 1. The highest BCUT2D eigenvalue weighted by molar-refractivity contribution is 5.80. The number of esters is 1. The Labute approximate surface area is 129 Å². The van der Waals surface area contributed by atoms with Gasteiger partial charge in [-0.3, -0.25) is 4.79 Å². The summed E-state index contributed by atoms with van der Waals surface area (Å²) in [5.41, 5.74) is -3.04. The zero-order valence-electron chi connectivity index (χ0n) is 14.1. The molecule has 0 amide bonds. The third kappa shape index (κ3) is 1.46. The molecule has 5 unspecified atom stereocenters. The Bertz CT molecular complexity index is 531. The van der Waals surface area contributed by atoms with Crippen molar-refractivity contribution in [3.05, 3.63) is 0 Å². The molecule has 5 heteroatoms. The zero-order chi connectivity index (χ0) is 16.9. The lowest BCUT2D eigenvalue weighted by atomic mass is 9.60. The lowest BCUT2D eigenvalue weighted by molar-refractivity contribution is -0.254. The van der Waals surface area contributed by atoms with E-state index in [1.165, 1.54) is 0 Å². The first kappa shape index (κ1) is 16.1. The van der Waals surface area contributed by atoms with Gasteiger partial charge in [-0.2, -0.15) is 13.2 Å². The van der Waals surface area contributed by atoms with Gasteiger partial charge in [0, 0.05) is 0 Å². The summed E-state index contributed by atoms with van der Waals surface area (Å²) in [7, 11) is 1.07. The summed E-state index contributed by atoms with van der Waals surface area (Å²) in [6.45, 7) is 10.1. The van der Waals surface area contributed by atoms with Crippen LogP contribution in [-0.2, 0) is 9.53 Å². The monoisotopic (exact) mass is 318 g/mol. The Morgan fingerprint density at radius 1 is 1.18 bits per heavy atom. The van der Waals surface area contributed by atoms with Gasteiger partial charge in [0.2, 0.25) is 0 Å². The average Bonchev–Trinajstić information content (AvgIpc) is 2.73. The maximum absolute atomic E-state index is 14.0. The minimum atomic E-state index is -4.55. The smallest absolute Gasteiger partial charge is 0.405 e. The van der Waals surface area contributed by atoms with Crippen molar-refractivity contribution in [1.29, 1.82) is 0 Å². The van der Waals surface area contributed by atoms with Gasteiger partial charge in [-0.15, -0.1) is 0 Å². The van der Waals surface area contributed by atoms with E-state index in [0.29, 0.717) is 6.42 Å². The summed E-state index contributed by atoms with van der Waals surface area (Å²) < 4.78 is 46.7. The van der Waals surface area contributed by atoms with E-state index in [9.17, 15) is 18.0 Å². The van der Waals surface area contributed by atoms with Crippen LogP contribution in [0.25, 0.3) is 0 Å². The Balaban J connectivity index is 2.16. The molecule has 3 rings (SSSR count). The van der Waals surface area contributed by atoms with Crippen molar-refractivity contribution < 1.29 is 22.7 Å². The first-order valence-electron chi connectivity index (χ1n) is 7.92. The maximum atomic E-state index is 14.0. The highest BCUT2D eigenvalue weighted by Gasteiger charge is 2.90. The van der Waals surface area contributed by atoms with E-state index < -0.39 is 23.5 Å². The summed E-state index contributed by atoms with van der Waals surface area (Å²) in [5.74, 6) is -1.56. The quantitative estimate of drug-likeness (QED) is 0.668. The Hall–Kier alpha value is -0.740. The second-order valence-corrected chi connectivity index (χ2v) is 9.20. The highest BCUT2D eigenvalue weighted by Crippen LogP contribution is 2.91. The lowest BCUT2D eigenvalue weighted by Gasteiger charge is -2.45. The van der Waals surface area contributed by atoms with E-state index in [2.05, 4.69) is 18.6 Å². The van der Waals surface area contributed by atoms with Crippen LogP contribution in [0.3, 0.4) is 0 Å². The molecule has 3 saturated carbocycles. The molecule has 5 atom stereocenters. The van der Waals surface area contributed by atoms with Crippen molar-refractivity contribution in [1.82, 2.24) is 0 Å². The topological polar surface area (TPSA) is 26.3 Å². The first-order chi connectivity index (χ1) is 9.77. The predicted molar refractivity (Wildman–Crippen MR) is 75.9 cm³/mol. The van der Waals surface area contributed by atoms with E-state index >= 15 is 0 Å². The number of carbonyl (C=O) groups is 1. The minimum absolute atomic E-state index is 0.0922. The number of rotatable bonds is 1. The van der Waals surface area contributed by atoms with Crippen molar-refractivity contribution in [3.63, 3.8) is 0 Å². The number of fused-ring (bicyclic) bond motifs is 1. The molecule has 3 fully saturated rings. The molecule has 3 aliphatic rings. The molecule has 1 spiro atoms. The molecule has 0 aromatic heterocycles. The van der Waals surface area contributed by atoms with Crippen molar-refractivity contribution in [2.24, 2.45) is 39.4 Å². The van der Waals surface area contributed by atoms with Crippen LogP contribution in [0.5, 0.6) is 0 Å². The van der Waals surface area contributed by atoms with E-state index in [4.69, 9.17) is 0 Å². The van der Waals surface area contributed by atoms with Crippen LogP contribution in [0.4, 0.5) is 13.2 Å². The van der Waals surface area contributed by atoms with Gasteiger partial charge in [0.25, 0.3) is 0 Å². The number of hydrogen-bond donors (Lipinski definition) is 0. The summed E-state index contributed by atoms with van der Waals surface area (Å²) in [6, 6.07) is 0. The number of carbonyl (C=O) groups excluding carboxylic acids is 1. The molecular weight excluding hydrogens is 293 g/mol. The van der Waals surface area contributed by atoms with Crippen LogP contribution in [0.1, 0.15) is 47.5 Å². The number of halogens is 3. The van der Waals surface area contributed by atoms with Gasteiger partial charge >= 0.3 is 12.1 Å². The minimum Gasteiger partial charge on any atom is -0.468 e. The highest BCUT2D eigenvalue weighted by atomic mass is 19.4. The van der Waals surface area contributed by atoms with E-state index in [0.717, 1.165) is 7.11 Å². The van der Waals surface area contributed by atoms with Crippen LogP contribution in [0, 0.1) is 39.4 Å². The average molecular weight is 318 g/mol. The fourth-order valence-corrected chi connectivity index (χ4v) is 6.38. The van der Waals surface area contributed by atoms with Crippen LogP contribution in [-0.4, -0.2) is 19.3 Å². The van der Waals surface area contributed by atoms with Crippen LogP contribution in [0.15, 0.2) is 0 Å². The number of hydrogen-bond acceptors (Lipinski definition) is 2. The van der Waals surface area contributed by atoms with Gasteiger partial charge in [0.1, 0.15) is 0 Å². The predicted octanol–water partition coefficient (Wildman–Crippen LogP) is 4.44. The van der Waals surface area contributed by atoms with Gasteiger partial charge in [0.15, 0.2) is 5.41 Å². The standard InChI is InChI=1S/C17H25F3O2/c1-13(2,3)10-9-7-15(11(10)14(15,4)5)8-16(9,12(21)22-6)17(18,19)20/h9-11H,7-8H2,1-6H3. The van der Waals surface area contributed by atoms with Crippen LogP contribution < -0.4 is 0 Å². The summed E-state index contributed by atoms with van der Waals surface area (Å²) in [4.78, 5) is 12.3. The number of ether oxygens (including phenoxy) is 1. The fourth-order valence-electron chi connectivity index (χ4n) is 6.38. The molecule has 0 aromatic carbocycles. The summed E-state index contributed by atoms with van der Waals surface area (Å²) in [6.07, 6.45) is -4.15. The van der Waals surface area contributed by atoms with Crippen molar-refractivity contribution >= 4 is 5.97 Å². The molecule has 0 heterocycles. The van der Waals surface area contributed by atoms with Gasteiger partial charge < -0.3 is 4.74 Å². The number of alkyl halides is 3. The molecule has 2 bridgehead atoms. The van der Waals surface area contributed by atoms with E-state index in [1.54, 1.807) is 0 Å². The Morgan fingerprint density at radius 3 is 2.09 bits per heavy atom. The van der Waals surface area contributed by atoms with Gasteiger partial charge in [-0.1, -0.05) is 34.6 Å². The van der Waals surface area contributed by atoms with E-state index in [-0.39, 0.29) is 34.5 Å². The molecule has 0 radical (unpaired) electrons. The molecule has 0 aliphatic heterocycles. The molecular formula is C17H25F3O2. The normalized spacial score (nSPS) is 45.6. The van der Waals surface area contributed by atoms with Crippen molar-refractivity contribution in [3.8, 4) is 0 Å². The van der Waals surface area contributed by atoms with E-state index in [1.807, 2.05) is 20.8 Å². The molecule has 3 aliphatic carbocycles. The van der Waals surface area contributed by atoms with Crippen LogP contribution in [0.2, 0.25) is 0 Å². The molecule has 0 saturated heterocycles. The molecule has 0 N–H and O–H groups in total. The second kappa shape index (κ2) is 3.84. The van der Waals surface area contributed by atoms with Gasteiger partial charge in [0.05, 0.1) is 7.11 Å². The maximum Gasteiger partial charge on any atom is 0.405 e. The second-order valence-electron chi connectivity index (χ2n) is 9.20. The van der Waals surface area contributed by atoms with Crippen molar-refractivity contribution in [2.45, 2.75) is 53.6 Å². The largest absolute Gasteiger partial charge is 0.468 e. The van der Waals surface area contributed by atoms with Crippen LogP contribution >= 0.6 is 0 Å². The molecule has 22 heavy (non-hydrogen) atoms. The summed E-state index contributed by atoms with van der Waals surface area (Å²) >= 11 is 0. The fraction of sp³-hybridized carbons (Fsp3) is 0.941. The third-order valence-corrected chi connectivity index (χ3v) is 7.23. The third-order valence-electron chi connectivity index (χ3n) is 7.23. The Kier molecular flexibility index (Phi) is 2.81. The first-order valence-corrected chi connectivity index (χ1v) is 7.92. The van der Waals surface area contributed by atoms with Gasteiger partial charge in [-0.25, -0.2) is 0 Å². The molecule has 2 nitrogen and oxygen atoms in total. The Morgan fingerprint density at radius 2 is 1.73 bits per heavy atom. The lowest BCUT2D eigenvalue weighted by Crippen LogP contribution is -2.53. The van der Waals surface area contributed by atoms with Gasteiger partial charge in [-0.05, 0) is 46.8 Å². The summed E-state index contributed by atoms with van der Waals surface area (Å²) in [5, 5.41) is 0. The SMILES string of the molecule is COC(=O)C1(C(F)(F)F)CC23CC1C(C(C)(C)C)C2C3(C)C.